The third-order valence-corrected chi connectivity index (χ3v) is 5.66. The second kappa shape index (κ2) is 8.34. The van der Waals surface area contributed by atoms with E-state index in [0.29, 0.717) is 5.82 Å². The molecule has 14 heteroatoms. The van der Waals surface area contributed by atoms with Gasteiger partial charge in [0.25, 0.3) is 5.56 Å². The molecule has 1 heterocycles. The van der Waals surface area contributed by atoms with Crippen LogP contribution in [0.25, 0.3) is 0 Å². The van der Waals surface area contributed by atoms with Crippen molar-refractivity contribution in [1.29, 1.82) is 0 Å². The highest BCUT2D eigenvalue weighted by Crippen LogP contribution is 2.51. The minimum Gasteiger partial charge on any atom is -0.377 e. The molecule has 1 aromatic heterocycles. The number of aromatic nitrogens is 2. The molecule has 0 spiro atoms. The highest BCUT2D eigenvalue weighted by molar-refractivity contribution is 7.55. The molecule has 0 saturated heterocycles. The number of hydrogen-bond acceptors (Lipinski definition) is 7. The standard InChI is InChI=1S/C13H20N2O10P2/c1-23-12-9(15-5-3-10(16)14-13(15)17)7-8(4-6-26(18,19)20)11(12)25-27(21,22)24-2/h3-6,8-9,11-12H,7H2,1-2H3,(H,21,22)(H,14,16,17)(H2,18,19,20)/b6-4+/t8-,9?,11+,12-/m0/s1. The van der Waals surface area contributed by atoms with E-state index in [-0.39, 0.29) is 6.42 Å². The number of nitrogens with one attached hydrogen (secondary N) is 1. The van der Waals surface area contributed by atoms with E-state index in [0.717, 1.165) is 23.8 Å². The van der Waals surface area contributed by atoms with E-state index in [1.165, 1.54) is 13.3 Å². The minimum absolute atomic E-state index is 0.0787. The monoisotopic (exact) mass is 426 g/mol. The second-order valence-electron chi connectivity index (χ2n) is 5.84. The molecular formula is C13H20N2O10P2. The van der Waals surface area contributed by atoms with Gasteiger partial charge >= 0.3 is 21.1 Å². The summed E-state index contributed by atoms with van der Waals surface area (Å²) in [6.07, 6.45) is 0.353. The average molecular weight is 426 g/mol. The van der Waals surface area contributed by atoms with Crippen molar-refractivity contribution in [3.63, 3.8) is 0 Å². The summed E-state index contributed by atoms with van der Waals surface area (Å²) in [5, 5.41) is 0. The third-order valence-electron chi connectivity index (χ3n) is 4.13. The van der Waals surface area contributed by atoms with Gasteiger partial charge in [0.1, 0.15) is 12.2 Å². The van der Waals surface area contributed by atoms with Crippen LogP contribution in [0.5, 0.6) is 0 Å². The number of rotatable bonds is 7. The van der Waals surface area contributed by atoms with Crippen LogP contribution in [0.1, 0.15) is 12.5 Å². The van der Waals surface area contributed by atoms with E-state index in [1.54, 1.807) is 0 Å². The highest BCUT2D eigenvalue weighted by atomic mass is 31.2. The second-order valence-corrected chi connectivity index (χ2v) is 8.83. The van der Waals surface area contributed by atoms with Gasteiger partial charge in [0.05, 0.1) is 6.04 Å². The third kappa shape index (κ3) is 5.56. The molecule has 1 saturated carbocycles. The fourth-order valence-electron chi connectivity index (χ4n) is 3.01. The van der Waals surface area contributed by atoms with Crippen LogP contribution in [0.15, 0.2) is 33.7 Å². The molecule has 0 aromatic carbocycles. The van der Waals surface area contributed by atoms with Crippen molar-refractivity contribution in [1.82, 2.24) is 9.55 Å². The molecule has 2 rings (SSSR count). The Bertz CT molecular complexity index is 903. The van der Waals surface area contributed by atoms with Crippen LogP contribution >= 0.6 is 15.4 Å². The Morgan fingerprint density at radius 2 is 1.89 bits per heavy atom. The van der Waals surface area contributed by atoms with Crippen molar-refractivity contribution in [3.8, 4) is 0 Å². The van der Waals surface area contributed by atoms with Gasteiger partial charge in [-0.15, -0.1) is 0 Å². The highest BCUT2D eigenvalue weighted by Gasteiger charge is 2.48. The molecule has 12 nitrogen and oxygen atoms in total. The lowest BCUT2D eigenvalue weighted by Crippen LogP contribution is -2.38. The summed E-state index contributed by atoms with van der Waals surface area (Å²) in [7, 11) is -6.71. The molecule has 152 valence electrons. The van der Waals surface area contributed by atoms with E-state index in [9.17, 15) is 23.6 Å². The van der Waals surface area contributed by atoms with Crippen molar-refractivity contribution >= 4 is 15.4 Å². The van der Waals surface area contributed by atoms with E-state index < -0.39 is 50.8 Å². The molecule has 0 aliphatic heterocycles. The van der Waals surface area contributed by atoms with E-state index in [1.807, 2.05) is 0 Å². The first-order valence-corrected chi connectivity index (χ1v) is 10.8. The summed E-state index contributed by atoms with van der Waals surface area (Å²) in [6.45, 7) is 0. The number of H-pyrrole nitrogens is 1. The van der Waals surface area contributed by atoms with Gasteiger partial charge < -0.3 is 19.4 Å². The molecule has 4 N–H and O–H groups in total. The zero-order chi connectivity index (χ0) is 20.4. The van der Waals surface area contributed by atoms with Crippen LogP contribution < -0.4 is 11.2 Å². The lowest BCUT2D eigenvalue weighted by molar-refractivity contribution is -0.0198. The van der Waals surface area contributed by atoms with Crippen LogP contribution in [0.4, 0.5) is 0 Å². The maximum absolute atomic E-state index is 12.1. The Hall–Kier alpha value is -1.36. The van der Waals surface area contributed by atoms with Crippen LogP contribution in [0.2, 0.25) is 0 Å². The topological polar surface area (TPSA) is 177 Å². The smallest absolute Gasteiger partial charge is 0.377 e. The molecule has 0 radical (unpaired) electrons. The summed E-state index contributed by atoms with van der Waals surface area (Å²) in [6, 6.07) is 0.377. The molecule has 1 aliphatic rings. The number of hydrogen-bond donors (Lipinski definition) is 4. The van der Waals surface area contributed by atoms with E-state index >= 15 is 0 Å². The number of aromatic amines is 1. The van der Waals surface area contributed by atoms with Crippen molar-refractivity contribution in [3.05, 3.63) is 45.0 Å². The van der Waals surface area contributed by atoms with Crippen LogP contribution in [0.3, 0.4) is 0 Å². The molecule has 1 fully saturated rings. The van der Waals surface area contributed by atoms with Crippen LogP contribution in [-0.4, -0.2) is 50.7 Å². The quantitative estimate of drug-likeness (QED) is 0.432. The number of phosphoric acid groups is 1. The molecule has 27 heavy (non-hydrogen) atoms. The van der Waals surface area contributed by atoms with Gasteiger partial charge in [0.15, 0.2) is 0 Å². The zero-order valence-electron chi connectivity index (χ0n) is 14.4. The number of nitrogens with zero attached hydrogens (tertiary/aromatic N) is 1. The van der Waals surface area contributed by atoms with Gasteiger partial charge in [-0.1, -0.05) is 6.08 Å². The van der Waals surface area contributed by atoms with Gasteiger partial charge in [-0.3, -0.25) is 28.0 Å². The van der Waals surface area contributed by atoms with Crippen molar-refractivity contribution in [2.75, 3.05) is 14.2 Å². The molecule has 5 atom stereocenters. The SMILES string of the molecule is CO[C@H]1C(n2ccc(=O)[nH]c2=O)C[C@H](/C=C/P(=O)(O)O)[C@H]1OP(=O)(O)OC. The Labute approximate surface area is 153 Å². The maximum atomic E-state index is 12.1. The summed E-state index contributed by atoms with van der Waals surface area (Å²) < 4.78 is 39.0. The maximum Gasteiger partial charge on any atom is 0.472 e. The molecule has 1 aliphatic carbocycles. The number of methoxy groups -OCH3 is 1. The minimum atomic E-state index is -4.49. The Balaban J connectivity index is 2.46. The first kappa shape index (κ1) is 21.9. The molecular weight excluding hydrogens is 406 g/mol. The average Bonchev–Trinajstić information content (AvgIpc) is 2.89. The number of phosphoric ester groups is 1. The van der Waals surface area contributed by atoms with Gasteiger partial charge in [-0.2, -0.15) is 0 Å². The molecule has 0 bridgehead atoms. The lowest BCUT2D eigenvalue weighted by atomic mass is 10.1. The van der Waals surface area contributed by atoms with Crippen LogP contribution in [-0.2, 0) is 22.9 Å². The Morgan fingerprint density at radius 1 is 1.22 bits per heavy atom. The summed E-state index contributed by atoms with van der Waals surface area (Å²) in [5.41, 5.74) is -1.33. The van der Waals surface area contributed by atoms with Crippen molar-refractivity contribution in [2.24, 2.45) is 5.92 Å². The fourth-order valence-corrected chi connectivity index (χ4v) is 4.12. The lowest BCUT2D eigenvalue weighted by Gasteiger charge is -2.26. The van der Waals surface area contributed by atoms with Crippen molar-refractivity contribution in [2.45, 2.75) is 24.7 Å². The summed E-state index contributed by atoms with van der Waals surface area (Å²) in [4.78, 5) is 53.2. The summed E-state index contributed by atoms with van der Waals surface area (Å²) >= 11 is 0. The molecule has 0 amide bonds. The Kier molecular flexibility index (Phi) is 6.77. The predicted molar refractivity (Wildman–Crippen MR) is 92.2 cm³/mol. The van der Waals surface area contributed by atoms with Crippen molar-refractivity contribution < 1.29 is 37.6 Å². The van der Waals surface area contributed by atoms with Gasteiger partial charge in [-0.25, -0.2) is 9.36 Å². The summed E-state index contributed by atoms with van der Waals surface area (Å²) in [5.74, 6) is -0.143. The predicted octanol–water partition coefficient (Wildman–Crippen LogP) is -0.0640. The first-order chi connectivity index (χ1) is 12.5. The Morgan fingerprint density at radius 3 is 2.41 bits per heavy atom. The number of ether oxygens (including phenoxy) is 1. The molecule has 2 unspecified atom stereocenters. The molecule has 1 aromatic rings. The zero-order valence-corrected chi connectivity index (χ0v) is 16.2. The van der Waals surface area contributed by atoms with Crippen LogP contribution in [0, 0.1) is 5.92 Å². The fraction of sp³-hybridized carbons (Fsp3) is 0.538. The van der Waals surface area contributed by atoms with Gasteiger partial charge in [-0.05, 0) is 6.42 Å². The normalized spacial score (nSPS) is 28.5. The van der Waals surface area contributed by atoms with E-state index in [4.69, 9.17) is 19.0 Å². The first-order valence-electron chi connectivity index (χ1n) is 7.63. The van der Waals surface area contributed by atoms with E-state index in [2.05, 4.69) is 9.51 Å². The van der Waals surface area contributed by atoms with Gasteiger partial charge in [0.2, 0.25) is 0 Å². The largest absolute Gasteiger partial charge is 0.472 e. The van der Waals surface area contributed by atoms with Gasteiger partial charge in [0, 0.05) is 38.2 Å².